The van der Waals surface area contributed by atoms with E-state index in [9.17, 15) is 8.78 Å². The molecule has 0 unspecified atom stereocenters. The molecule has 2 aromatic carbocycles. The van der Waals surface area contributed by atoms with Crippen LogP contribution in [0.3, 0.4) is 0 Å². The first-order valence-corrected chi connectivity index (χ1v) is 6.00. The largest absolute Gasteiger partial charge is 0.267 e. The monoisotopic (exact) mass is 274 g/mol. The molecule has 0 saturated carbocycles. The molecule has 0 amide bonds. The number of fused-ring (bicyclic) bond motifs is 1. The first-order chi connectivity index (χ1) is 9.16. The maximum absolute atomic E-state index is 13.3. The number of hydrogen-bond donors (Lipinski definition) is 1. The molecule has 0 radical (unpaired) electrons. The number of H-pyrrole nitrogens is 1. The third-order valence-corrected chi connectivity index (χ3v) is 3.20. The molecular weight excluding hydrogens is 266 g/mol. The Morgan fingerprint density at radius 2 is 1.68 bits per heavy atom. The molecule has 2 nitrogen and oxygen atoms in total. The number of nitrogens with one attached hydrogen (secondary N) is 1. The van der Waals surface area contributed by atoms with Gasteiger partial charge in [-0.15, -0.1) is 0 Å². The maximum atomic E-state index is 13.3. The van der Waals surface area contributed by atoms with Crippen LogP contribution in [0.25, 0.3) is 22.0 Å². The molecule has 19 heavy (non-hydrogen) atoms. The number of aromatic amines is 1. The highest BCUT2D eigenvalue weighted by molar-refractivity contribution is 7.71. The molecule has 1 aromatic heterocycles. The summed E-state index contributed by atoms with van der Waals surface area (Å²) in [6.07, 6.45) is 0. The van der Waals surface area contributed by atoms with E-state index in [0.29, 0.717) is 15.9 Å². The number of aromatic nitrogens is 2. The Labute approximate surface area is 112 Å². The van der Waals surface area contributed by atoms with Crippen LogP contribution in [0.15, 0.2) is 42.5 Å². The van der Waals surface area contributed by atoms with Crippen LogP contribution in [-0.2, 0) is 0 Å². The number of rotatable bonds is 1. The van der Waals surface area contributed by atoms with E-state index in [-0.39, 0.29) is 0 Å². The standard InChI is InChI=1S/C14H8F2N2S/c15-11-6-5-8(7-12(11)16)13-9-3-1-2-4-10(9)14(19)18-17-13/h1-7H,(H,18,19). The van der Waals surface area contributed by atoms with Gasteiger partial charge in [0.15, 0.2) is 11.6 Å². The van der Waals surface area contributed by atoms with Crippen LogP contribution in [0.2, 0.25) is 0 Å². The highest BCUT2D eigenvalue weighted by Crippen LogP contribution is 2.27. The van der Waals surface area contributed by atoms with Crippen LogP contribution < -0.4 is 0 Å². The van der Waals surface area contributed by atoms with E-state index < -0.39 is 11.6 Å². The van der Waals surface area contributed by atoms with E-state index in [1.165, 1.54) is 6.07 Å². The summed E-state index contributed by atoms with van der Waals surface area (Å²) in [6, 6.07) is 11.1. The van der Waals surface area contributed by atoms with Crippen molar-refractivity contribution in [2.24, 2.45) is 0 Å². The average molecular weight is 274 g/mol. The van der Waals surface area contributed by atoms with Gasteiger partial charge in [-0.1, -0.05) is 36.5 Å². The lowest BCUT2D eigenvalue weighted by Crippen LogP contribution is -1.93. The Morgan fingerprint density at radius 3 is 2.42 bits per heavy atom. The minimum Gasteiger partial charge on any atom is -0.267 e. The van der Waals surface area contributed by atoms with Gasteiger partial charge in [0.2, 0.25) is 0 Å². The van der Waals surface area contributed by atoms with Crippen LogP contribution in [-0.4, -0.2) is 10.2 Å². The van der Waals surface area contributed by atoms with Gasteiger partial charge in [-0.3, -0.25) is 5.10 Å². The van der Waals surface area contributed by atoms with Gasteiger partial charge < -0.3 is 0 Å². The smallest absolute Gasteiger partial charge is 0.159 e. The van der Waals surface area contributed by atoms with Crippen molar-refractivity contribution in [2.75, 3.05) is 0 Å². The minimum atomic E-state index is -0.897. The van der Waals surface area contributed by atoms with E-state index in [4.69, 9.17) is 12.2 Å². The number of nitrogens with zero attached hydrogens (tertiary/aromatic N) is 1. The van der Waals surface area contributed by atoms with Crippen molar-refractivity contribution in [3.63, 3.8) is 0 Å². The average Bonchev–Trinajstić information content (AvgIpc) is 2.43. The van der Waals surface area contributed by atoms with E-state index in [2.05, 4.69) is 10.2 Å². The van der Waals surface area contributed by atoms with Crippen LogP contribution in [0.5, 0.6) is 0 Å². The van der Waals surface area contributed by atoms with Gasteiger partial charge >= 0.3 is 0 Å². The summed E-state index contributed by atoms with van der Waals surface area (Å²) in [7, 11) is 0. The third kappa shape index (κ3) is 2.02. The Morgan fingerprint density at radius 1 is 0.947 bits per heavy atom. The van der Waals surface area contributed by atoms with Gasteiger partial charge in [-0.25, -0.2) is 8.78 Å². The molecule has 0 fully saturated rings. The lowest BCUT2D eigenvalue weighted by atomic mass is 10.1. The van der Waals surface area contributed by atoms with Gasteiger partial charge in [0, 0.05) is 16.3 Å². The first kappa shape index (κ1) is 11.9. The predicted molar refractivity (Wildman–Crippen MR) is 72.3 cm³/mol. The second-order valence-corrected chi connectivity index (χ2v) is 4.48. The molecule has 0 spiro atoms. The fourth-order valence-electron chi connectivity index (χ4n) is 1.98. The molecule has 0 bridgehead atoms. The summed E-state index contributed by atoms with van der Waals surface area (Å²) < 4.78 is 26.8. The Kier molecular flexibility index (Phi) is 2.83. The van der Waals surface area contributed by atoms with Crippen LogP contribution in [0, 0.1) is 16.3 Å². The van der Waals surface area contributed by atoms with Crippen molar-refractivity contribution in [3.8, 4) is 11.3 Å². The highest BCUT2D eigenvalue weighted by atomic mass is 32.1. The molecule has 0 atom stereocenters. The molecule has 0 aliphatic carbocycles. The molecule has 1 heterocycles. The fraction of sp³-hybridized carbons (Fsp3) is 0. The maximum Gasteiger partial charge on any atom is 0.159 e. The second kappa shape index (κ2) is 4.51. The zero-order chi connectivity index (χ0) is 13.4. The quantitative estimate of drug-likeness (QED) is 0.672. The minimum absolute atomic E-state index is 0.501. The summed E-state index contributed by atoms with van der Waals surface area (Å²) in [5.41, 5.74) is 1.05. The SMILES string of the molecule is Fc1ccc(-c2n[nH]c(=S)c3ccccc23)cc1F. The fourth-order valence-corrected chi connectivity index (χ4v) is 2.20. The van der Waals surface area contributed by atoms with Crippen molar-refractivity contribution in [1.29, 1.82) is 0 Å². The summed E-state index contributed by atoms with van der Waals surface area (Å²) >= 11 is 5.16. The normalized spacial score (nSPS) is 10.8. The molecular formula is C14H8F2N2S. The molecule has 5 heteroatoms. The molecule has 94 valence electrons. The lowest BCUT2D eigenvalue weighted by Gasteiger charge is -2.06. The zero-order valence-electron chi connectivity index (χ0n) is 9.65. The predicted octanol–water partition coefficient (Wildman–Crippen LogP) is 4.24. The second-order valence-electron chi connectivity index (χ2n) is 4.08. The molecule has 1 N–H and O–H groups in total. The Bertz CT molecular complexity index is 827. The Balaban J connectivity index is 2.34. The van der Waals surface area contributed by atoms with Crippen molar-refractivity contribution in [3.05, 3.63) is 58.7 Å². The Hall–Kier alpha value is -2.14. The van der Waals surface area contributed by atoms with E-state index in [1.807, 2.05) is 24.3 Å². The topological polar surface area (TPSA) is 28.7 Å². The van der Waals surface area contributed by atoms with Crippen LogP contribution in [0.4, 0.5) is 8.78 Å². The van der Waals surface area contributed by atoms with E-state index in [0.717, 1.165) is 22.9 Å². The summed E-state index contributed by atoms with van der Waals surface area (Å²) in [4.78, 5) is 0. The van der Waals surface area contributed by atoms with Gasteiger partial charge in [0.05, 0.1) is 5.69 Å². The van der Waals surface area contributed by atoms with Crippen molar-refractivity contribution in [2.45, 2.75) is 0 Å². The van der Waals surface area contributed by atoms with Gasteiger partial charge in [0.1, 0.15) is 4.64 Å². The zero-order valence-corrected chi connectivity index (χ0v) is 10.5. The summed E-state index contributed by atoms with van der Waals surface area (Å²) in [5.74, 6) is -1.78. The van der Waals surface area contributed by atoms with Crippen molar-refractivity contribution < 1.29 is 8.78 Å². The van der Waals surface area contributed by atoms with Crippen molar-refractivity contribution >= 4 is 23.0 Å². The van der Waals surface area contributed by atoms with Crippen LogP contribution >= 0.6 is 12.2 Å². The number of hydrogen-bond acceptors (Lipinski definition) is 2. The number of halogens is 2. The van der Waals surface area contributed by atoms with Crippen molar-refractivity contribution in [1.82, 2.24) is 10.2 Å². The summed E-state index contributed by atoms with van der Waals surface area (Å²) in [6.45, 7) is 0. The number of benzene rings is 2. The molecule has 0 aliphatic rings. The molecule has 0 saturated heterocycles. The van der Waals surface area contributed by atoms with Gasteiger partial charge in [-0.05, 0) is 18.2 Å². The molecule has 0 aliphatic heterocycles. The van der Waals surface area contributed by atoms with Gasteiger partial charge in [-0.2, -0.15) is 5.10 Å². The molecule has 3 rings (SSSR count). The van der Waals surface area contributed by atoms with E-state index >= 15 is 0 Å². The van der Waals surface area contributed by atoms with E-state index in [1.54, 1.807) is 0 Å². The van der Waals surface area contributed by atoms with Gasteiger partial charge in [0.25, 0.3) is 0 Å². The van der Waals surface area contributed by atoms with Crippen LogP contribution in [0.1, 0.15) is 0 Å². The molecule has 3 aromatic rings. The first-order valence-electron chi connectivity index (χ1n) is 5.59. The lowest BCUT2D eigenvalue weighted by molar-refractivity contribution is 0.509. The third-order valence-electron chi connectivity index (χ3n) is 2.89. The summed E-state index contributed by atoms with van der Waals surface area (Å²) in [5, 5.41) is 8.48. The highest BCUT2D eigenvalue weighted by Gasteiger charge is 2.09.